The average molecular weight is 330 g/mol. The van der Waals surface area contributed by atoms with Crippen molar-refractivity contribution < 1.29 is 0 Å². The van der Waals surface area contributed by atoms with E-state index in [9.17, 15) is 0 Å². The van der Waals surface area contributed by atoms with E-state index in [1.54, 1.807) is 11.8 Å². The third-order valence-electron chi connectivity index (χ3n) is 1.45. The number of halogens is 3. The zero-order chi connectivity index (χ0) is 11.6. The molecule has 84 valence electrons. The summed E-state index contributed by atoms with van der Waals surface area (Å²) in [4.78, 5) is 8.28. The highest BCUT2D eigenvalue weighted by Crippen LogP contribution is 2.30. The molecule has 1 heterocycles. The van der Waals surface area contributed by atoms with E-state index in [-0.39, 0.29) is 4.75 Å². The van der Waals surface area contributed by atoms with Gasteiger partial charge in [-0.15, -0.1) is 11.8 Å². The third-order valence-corrected chi connectivity index (χ3v) is 4.47. The van der Waals surface area contributed by atoms with Gasteiger partial charge >= 0.3 is 0 Å². The molecule has 1 rings (SSSR count). The summed E-state index contributed by atoms with van der Waals surface area (Å²) in [6, 6.07) is 0. The number of aromatic nitrogens is 2. The largest absolute Gasteiger partial charge is 0.219 e. The van der Waals surface area contributed by atoms with Gasteiger partial charge in [0.05, 0.1) is 10.2 Å². The summed E-state index contributed by atoms with van der Waals surface area (Å²) in [5.74, 6) is 1.36. The highest BCUT2D eigenvalue weighted by atomic mass is 79.9. The number of nitrogens with zero attached hydrogens (tertiary/aromatic N) is 2. The molecule has 0 saturated carbocycles. The van der Waals surface area contributed by atoms with Gasteiger partial charge in [-0.3, -0.25) is 0 Å². The normalized spacial score (nSPS) is 11.9. The van der Waals surface area contributed by atoms with Gasteiger partial charge in [-0.1, -0.05) is 44.0 Å². The highest BCUT2D eigenvalue weighted by molar-refractivity contribution is 9.10. The van der Waals surface area contributed by atoms with Crippen LogP contribution in [0, 0.1) is 0 Å². The average Bonchev–Trinajstić information content (AvgIpc) is 2.09. The molecule has 0 atom stereocenters. The lowest BCUT2D eigenvalue weighted by molar-refractivity contribution is 0.800. The molecule has 0 aromatic carbocycles. The van der Waals surface area contributed by atoms with Crippen LogP contribution in [0.2, 0.25) is 10.3 Å². The van der Waals surface area contributed by atoms with E-state index in [0.29, 0.717) is 26.4 Å². The van der Waals surface area contributed by atoms with Gasteiger partial charge in [-0.05, 0) is 15.9 Å². The van der Waals surface area contributed by atoms with Gasteiger partial charge in [0, 0.05) is 4.75 Å². The van der Waals surface area contributed by atoms with E-state index in [1.807, 2.05) is 0 Å². The molecule has 0 spiro atoms. The molecule has 0 N–H and O–H groups in total. The summed E-state index contributed by atoms with van der Waals surface area (Å²) in [6.45, 7) is 6.42. The van der Waals surface area contributed by atoms with Crippen LogP contribution >= 0.6 is 50.9 Å². The first-order valence-electron chi connectivity index (χ1n) is 4.31. The molecule has 0 saturated heterocycles. The fraction of sp³-hybridized carbons (Fsp3) is 0.556. The molecule has 15 heavy (non-hydrogen) atoms. The van der Waals surface area contributed by atoms with Gasteiger partial charge in [0.1, 0.15) is 16.1 Å². The maximum Gasteiger partial charge on any atom is 0.148 e. The van der Waals surface area contributed by atoms with Crippen LogP contribution in [-0.4, -0.2) is 14.7 Å². The predicted molar refractivity (Wildman–Crippen MR) is 70.8 cm³/mol. The maximum atomic E-state index is 5.88. The van der Waals surface area contributed by atoms with Gasteiger partial charge in [-0.25, -0.2) is 9.97 Å². The Morgan fingerprint density at radius 2 is 1.67 bits per heavy atom. The van der Waals surface area contributed by atoms with E-state index in [4.69, 9.17) is 23.2 Å². The Morgan fingerprint density at radius 3 is 2.07 bits per heavy atom. The van der Waals surface area contributed by atoms with Crippen LogP contribution in [0.1, 0.15) is 26.6 Å². The summed E-state index contributed by atoms with van der Waals surface area (Å²) >= 11 is 16.7. The Kier molecular flexibility index (Phi) is 4.71. The third kappa shape index (κ3) is 4.47. The van der Waals surface area contributed by atoms with Crippen LogP contribution in [0.4, 0.5) is 0 Å². The minimum Gasteiger partial charge on any atom is -0.219 e. The Labute approximate surface area is 112 Å². The van der Waals surface area contributed by atoms with Crippen molar-refractivity contribution in [3.8, 4) is 0 Å². The first-order chi connectivity index (χ1) is 6.79. The first-order valence-corrected chi connectivity index (χ1v) is 6.84. The SMILES string of the molecule is CC(C)(C)SCc1nc(Cl)c(Br)c(Cl)n1. The van der Waals surface area contributed by atoms with Crippen molar-refractivity contribution in [3.05, 3.63) is 20.6 Å². The topological polar surface area (TPSA) is 25.8 Å². The van der Waals surface area contributed by atoms with Gasteiger partial charge in [0.15, 0.2) is 0 Å². The van der Waals surface area contributed by atoms with Crippen molar-refractivity contribution in [3.63, 3.8) is 0 Å². The van der Waals surface area contributed by atoms with Crippen LogP contribution in [0.5, 0.6) is 0 Å². The summed E-state index contributed by atoms with van der Waals surface area (Å²) in [7, 11) is 0. The number of thioether (sulfide) groups is 1. The zero-order valence-electron chi connectivity index (χ0n) is 8.64. The second-order valence-electron chi connectivity index (χ2n) is 3.94. The molecule has 1 aromatic heterocycles. The molecule has 0 aliphatic rings. The minimum atomic E-state index is 0.176. The molecule has 2 nitrogen and oxygen atoms in total. The molecule has 0 aliphatic carbocycles. The highest BCUT2D eigenvalue weighted by Gasteiger charge is 2.14. The van der Waals surface area contributed by atoms with Crippen LogP contribution in [0.3, 0.4) is 0 Å². The Balaban J connectivity index is 2.80. The fourth-order valence-corrected chi connectivity index (χ4v) is 2.07. The van der Waals surface area contributed by atoms with Gasteiger partial charge in [0.25, 0.3) is 0 Å². The van der Waals surface area contributed by atoms with Crippen molar-refractivity contribution in [1.29, 1.82) is 0 Å². The second kappa shape index (κ2) is 5.21. The monoisotopic (exact) mass is 328 g/mol. The predicted octanol–water partition coefficient (Wildman–Crippen LogP) is 4.58. The Bertz CT molecular complexity index is 343. The van der Waals surface area contributed by atoms with E-state index in [2.05, 4.69) is 46.7 Å². The molecular weight excluding hydrogens is 319 g/mol. The lowest BCUT2D eigenvalue weighted by Crippen LogP contribution is -2.08. The molecule has 0 fully saturated rings. The van der Waals surface area contributed by atoms with E-state index in [0.717, 1.165) is 0 Å². The molecule has 0 unspecified atom stereocenters. The van der Waals surface area contributed by atoms with Gasteiger partial charge in [0.2, 0.25) is 0 Å². The summed E-state index contributed by atoms with van der Waals surface area (Å²) in [5.41, 5.74) is 0. The Hall–Kier alpha value is 0.490. The molecule has 0 radical (unpaired) electrons. The first kappa shape index (κ1) is 13.6. The van der Waals surface area contributed by atoms with Crippen LogP contribution in [-0.2, 0) is 5.75 Å². The van der Waals surface area contributed by atoms with Crippen LogP contribution in [0.25, 0.3) is 0 Å². The summed E-state index contributed by atoms with van der Waals surface area (Å²) in [6.07, 6.45) is 0. The molecule has 1 aromatic rings. The molecule has 0 bridgehead atoms. The zero-order valence-corrected chi connectivity index (χ0v) is 12.6. The second-order valence-corrected chi connectivity index (χ2v) is 7.25. The van der Waals surface area contributed by atoms with Crippen molar-refractivity contribution in [2.24, 2.45) is 0 Å². The van der Waals surface area contributed by atoms with E-state index in [1.165, 1.54) is 0 Å². The maximum absolute atomic E-state index is 5.88. The van der Waals surface area contributed by atoms with Crippen molar-refractivity contribution >= 4 is 50.9 Å². The van der Waals surface area contributed by atoms with Gasteiger partial charge in [-0.2, -0.15) is 0 Å². The van der Waals surface area contributed by atoms with Crippen molar-refractivity contribution in [1.82, 2.24) is 9.97 Å². The Morgan fingerprint density at radius 1 is 1.20 bits per heavy atom. The van der Waals surface area contributed by atoms with Crippen molar-refractivity contribution in [2.45, 2.75) is 31.3 Å². The van der Waals surface area contributed by atoms with E-state index >= 15 is 0 Å². The lowest BCUT2D eigenvalue weighted by atomic mass is 10.3. The summed E-state index contributed by atoms with van der Waals surface area (Å²) < 4.78 is 0.727. The molecule has 0 aliphatic heterocycles. The number of hydrogen-bond acceptors (Lipinski definition) is 3. The number of rotatable bonds is 2. The fourth-order valence-electron chi connectivity index (χ4n) is 0.780. The molecule has 6 heteroatoms. The van der Waals surface area contributed by atoms with Crippen molar-refractivity contribution in [2.75, 3.05) is 0 Å². The molecular formula is C9H11BrCl2N2S. The standard InChI is InChI=1S/C9H11BrCl2N2S/c1-9(2,3)15-4-5-13-7(11)6(10)8(12)14-5/h4H2,1-3H3. The van der Waals surface area contributed by atoms with Crippen LogP contribution in [0.15, 0.2) is 4.47 Å². The van der Waals surface area contributed by atoms with E-state index < -0.39 is 0 Å². The number of hydrogen-bond donors (Lipinski definition) is 0. The molecule has 0 amide bonds. The van der Waals surface area contributed by atoms with Gasteiger partial charge < -0.3 is 0 Å². The summed E-state index contributed by atoms with van der Waals surface area (Å²) in [5, 5.41) is 0.721. The quantitative estimate of drug-likeness (QED) is 0.743. The van der Waals surface area contributed by atoms with Crippen LogP contribution < -0.4 is 0 Å². The minimum absolute atomic E-state index is 0.176. The smallest absolute Gasteiger partial charge is 0.148 e. The lowest BCUT2D eigenvalue weighted by Gasteiger charge is -2.16.